The molecule has 0 fully saturated rings. The maximum absolute atomic E-state index is 13.3. The Labute approximate surface area is 213 Å². The zero-order valence-electron chi connectivity index (χ0n) is 21.2. The van der Waals surface area contributed by atoms with E-state index in [-0.39, 0.29) is 5.91 Å². The average Bonchev–Trinajstić information content (AvgIpc) is 3.59. The number of nitrogens with one attached hydrogen (secondary N) is 1. The van der Waals surface area contributed by atoms with Crippen LogP contribution in [0.25, 0.3) is 28.0 Å². The van der Waals surface area contributed by atoms with Crippen LogP contribution >= 0.6 is 7.14 Å². The first-order valence-electron chi connectivity index (χ1n) is 11.9. The lowest BCUT2D eigenvalue weighted by atomic mass is 10.1. The number of hydrogen-bond acceptors (Lipinski definition) is 7. The van der Waals surface area contributed by atoms with Gasteiger partial charge in [-0.3, -0.25) is 9.48 Å². The van der Waals surface area contributed by atoms with Crippen molar-refractivity contribution >= 4 is 24.3 Å². The highest BCUT2D eigenvalue weighted by atomic mass is 31.2. The highest BCUT2D eigenvalue weighted by Crippen LogP contribution is 2.36. The number of aryl methyl sites for hydroxylation is 3. The zero-order valence-corrected chi connectivity index (χ0v) is 22.1. The molecule has 1 aromatic carbocycles. The molecule has 1 N–H and O–H groups in total. The first-order chi connectivity index (χ1) is 17.7. The summed E-state index contributed by atoms with van der Waals surface area (Å²) in [5.41, 5.74) is 5.34. The van der Waals surface area contributed by atoms with Crippen LogP contribution in [0.15, 0.2) is 55.1 Å². The predicted octanol–water partition coefficient (Wildman–Crippen LogP) is 3.96. The lowest BCUT2D eigenvalue weighted by Crippen LogP contribution is -2.12. The van der Waals surface area contributed by atoms with Crippen LogP contribution in [0.2, 0.25) is 0 Å². The summed E-state index contributed by atoms with van der Waals surface area (Å²) in [4.78, 5) is 14.7. The smallest absolute Gasteiger partial charge is 0.259 e. The van der Waals surface area contributed by atoms with E-state index in [1.54, 1.807) is 24.0 Å². The molecule has 4 heterocycles. The topological polar surface area (TPSA) is 125 Å². The molecule has 0 saturated heterocycles. The van der Waals surface area contributed by atoms with Crippen molar-refractivity contribution < 1.29 is 9.36 Å². The van der Waals surface area contributed by atoms with E-state index in [4.69, 9.17) is 0 Å². The Morgan fingerprint density at radius 2 is 1.89 bits per heavy atom. The number of fused-ring (bicyclic) bond motifs is 1. The Morgan fingerprint density at radius 3 is 2.65 bits per heavy atom. The molecule has 0 radical (unpaired) electrons. The van der Waals surface area contributed by atoms with E-state index in [0.29, 0.717) is 35.3 Å². The van der Waals surface area contributed by atoms with Crippen LogP contribution in [-0.2, 0) is 18.2 Å². The lowest BCUT2D eigenvalue weighted by Gasteiger charge is -2.09. The van der Waals surface area contributed by atoms with E-state index in [2.05, 4.69) is 30.9 Å². The molecule has 0 bridgehead atoms. The minimum Gasteiger partial charge on any atom is -0.324 e. The lowest BCUT2D eigenvalue weighted by molar-refractivity contribution is 0.102. The van der Waals surface area contributed by atoms with Gasteiger partial charge in [0.05, 0.1) is 37.7 Å². The van der Waals surface area contributed by atoms with Crippen molar-refractivity contribution in [3.05, 3.63) is 66.2 Å². The van der Waals surface area contributed by atoms with Crippen LogP contribution < -0.4 is 5.32 Å². The van der Waals surface area contributed by atoms with E-state index < -0.39 is 7.14 Å². The second-order valence-electron chi connectivity index (χ2n) is 9.53. The summed E-state index contributed by atoms with van der Waals surface area (Å²) in [6, 6.07) is 9.52. The summed E-state index contributed by atoms with van der Waals surface area (Å²) < 4.78 is 15.5. The van der Waals surface area contributed by atoms with Crippen LogP contribution in [0.4, 0.5) is 5.69 Å². The normalized spacial score (nSPS) is 11.8. The molecule has 0 atom stereocenters. The molecule has 5 aromatic rings. The maximum atomic E-state index is 13.3. The van der Waals surface area contributed by atoms with E-state index in [0.717, 1.165) is 28.7 Å². The maximum Gasteiger partial charge on any atom is 0.259 e. The number of aromatic nitrogens is 8. The summed E-state index contributed by atoms with van der Waals surface area (Å²) in [5, 5.41) is 24.0. The van der Waals surface area contributed by atoms with Gasteiger partial charge in [0.1, 0.15) is 0 Å². The van der Waals surface area contributed by atoms with Gasteiger partial charge in [0.2, 0.25) is 5.82 Å². The van der Waals surface area contributed by atoms with Gasteiger partial charge in [-0.15, -0.1) is 10.2 Å². The third-order valence-corrected chi connectivity index (χ3v) is 7.46. The van der Waals surface area contributed by atoms with Gasteiger partial charge in [0.25, 0.3) is 5.91 Å². The fraction of sp³-hybridized carbons (Fsp3) is 0.280. The number of carbonyl (C=O) groups excluding carboxylic acids is 1. The molecule has 0 aliphatic heterocycles. The molecular weight excluding hydrogens is 489 g/mol. The van der Waals surface area contributed by atoms with Gasteiger partial charge in [0.15, 0.2) is 0 Å². The van der Waals surface area contributed by atoms with Crippen molar-refractivity contribution in [1.29, 1.82) is 0 Å². The van der Waals surface area contributed by atoms with Crippen molar-refractivity contribution in [2.45, 2.75) is 19.9 Å². The minimum atomic E-state index is -2.03. The SMILES string of the molecule is Cc1ccc(-c2nnn(C)n2)cc1NC(=O)c1cnn2ccc(-c3cnn(CCCP(C)(C)=O)c3)cc12. The number of nitrogens with zero attached hydrogens (tertiary/aromatic N) is 8. The van der Waals surface area contributed by atoms with Crippen molar-refractivity contribution in [1.82, 2.24) is 39.6 Å². The average molecular weight is 518 g/mol. The summed E-state index contributed by atoms with van der Waals surface area (Å²) in [6.45, 7) is 6.25. The van der Waals surface area contributed by atoms with Crippen LogP contribution in [0, 0.1) is 6.92 Å². The number of tetrazole rings is 1. The number of rotatable bonds is 8. The molecule has 0 aliphatic carbocycles. The van der Waals surface area contributed by atoms with Crippen LogP contribution in [0.5, 0.6) is 0 Å². The molecular formula is C25H28N9O2P. The Kier molecular flexibility index (Phi) is 6.47. The van der Waals surface area contributed by atoms with Gasteiger partial charge >= 0.3 is 0 Å². The molecule has 12 heteroatoms. The standard InChI is InChI=1S/C25H28N9O2P/c1-17-6-7-19(24-29-31-32(2)30-24)12-22(17)28-25(35)21-15-27-34-10-8-18(13-23(21)34)20-14-26-33(16-20)9-5-11-37(3,4)36/h6-8,10,12-16H,5,9,11H2,1-4H3,(H,28,35). The third kappa shape index (κ3) is 5.51. The molecule has 5 rings (SSSR count). The van der Waals surface area contributed by atoms with Crippen molar-refractivity contribution in [2.24, 2.45) is 7.05 Å². The number of anilines is 1. The zero-order chi connectivity index (χ0) is 26.2. The Bertz CT molecular complexity index is 1640. The largest absolute Gasteiger partial charge is 0.324 e. The second-order valence-corrected chi connectivity index (χ2v) is 13.1. The number of amides is 1. The minimum absolute atomic E-state index is 0.265. The molecule has 0 aliphatic rings. The quantitative estimate of drug-likeness (QED) is 0.309. The van der Waals surface area contributed by atoms with Crippen LogP contribution in [-0.4, -0.2) is 65.0 Å². The summed E-state index contributed by atoms with van der Waals surface area (Å²) in [5.74, 6) is 0.219. The molecule has 0 spiro atoms. The molecule has 0 saturated carbocycles. The van der Waals surface area contributed by atoms with E-state index in [1.807, 2.05) is 67.7 Å². The Hall–Kier alpha value is -4.11. The van der Waals surface area contributed by atoms with Gasteiger partial charge in [-0.05, 0) is 61.2 Å². The predicted molar refractivity (Wildman–Crippen MR) is 142 cm³/mol. The molecule has 190 valence electrons. The van der Waals surface area contributed by atoms with Crippen molar-refractivity contribution in [3.63, 3.8) is 0 Å². The summed E-state index contributed by atoms with van der Waals surface area (Å²) in [7, 11) is -0.331. The van der Waals surface area contributed by atoms with E-state index >= 15 is 0 Å². The van der Waals surface area contributed by atoms with Gasteiger partial charge < -0.3 is 9.88 Å². The molecule has 4 aromatic heterocycles. The summed E-state index contributed by atoms with van der Waals surface area (Å²) >= 11 is 0. The van der Waals surface area contributed by atoms with Crippen molar-refractivity contribution in [3.8, 4) is 22.5 Å². The first kappa shape index (κ1) is 24.6. The van der Waals surface area contributed by atoms with E-state index in [1.165, 1.54) is 4.80 Å². The molecule has 11 nitrogen and oxygen atoms in total. The number of carbonyl (C=O) groups is 1. The van der Waals surface area contributed by atoms with Gasteiger partial charge in [-0.1, -0.05) is 12.1 Å². The van der Waals surface area contributed by atoms with Crippen LogP contribution in [0.3, 0.4) is 0 Å². The fourth-order valence-corrected chi connectivity index (χ4v) is 4.97. The third-order valence-electron chi connectivity index (χ3n) is 6.07. The fourth-order valence-electron chi connectivity index (χ4n) is 4.07. The highest BCUT2D eigenvalue weighted by Gasteiger charge is 2.16. The Balaban J connectivity index is 1.37. The highest BCUT2D eigenvalue weighted by molar-refractivity contribution is 7.62. The van der Waals surface area contributed by atoms with Gasteiger partial charge in [0, 0.05) is 41.9 Å². The monoisotopic (exact) mass is 517 g/mol. The first-order valence-corrected chi connectivity index (χ1v) is 14.7. The molecule has 0 unspecified atom stereocenters. The van der Waals surface area contributed by atoms with Gasteiger partial charge in [-0.2, -0.15) is 15.0 Å². The van der Waals surface area contributed by atoms with Gasteiger partial charge in [-0.25, -0.2) is 4.52 Å². The molecule has 37 heavy (non-hydrogen) atoms. The number of pyridine rings is 1. The molecule has 1 amide bonds. The Morgan fingerprint density at radius 1 is 1.05 bits per heavy atom. The summed E-state index contributed by atoms with van der Waals surface area (Å²) in [6.07, 6.45) is 8.66. The second kappa shape index (κ2) is 9.74. The number of hydrogen-bond donors (Lipinski definition) is 1. The van der Waals surface area contributed by atoms with Crippen LogP contribution in [0.1, 0.15) is 22.3 Å². The number of benzene rings is 1. The van der Waals surface area contributed by atoms with Crippen molar-refractivity contribution in [2.75, 3.05) is 24.8 Å². The van der Waals surface area contributed by atoms with E-state index in [9.17, 15) is 9.36 Å².